The molecule has 208 valence electrons. The molecule has 8 heteroatoms. The van der Waals surface area contributed by atoms with Gasteiger partial charge in [-0.3, -0.25) is 14.4 Å². The summed E-state index contributed by atoms with van der Waals surface area (Å²) < 4.78 is 5.82. The Kier molecular flexibility index (Phi) is 5.98. The van der Waals surface area contributed by atoms with E-state index in [4.69, 9.17) is 4.74 Å². The molecule has 2 saturated carbocycles. The van der Waals surface area contributed by atoms with E-state index >= 15 is 0 Å². The van der Waals surface area contributed by atoms with Crippen molar-refractivity contribution in [2.75, 3.05) is 19.6 Å². The fourth-order valence-electron chi connectivity index (χ4n) is 6.68. The van der Waals surface area contributed by atoms with E-state index in [2.05, 4.69) is 13.0 Å². The average Bonchev–Trinajstić information content (AvgIpc) is 3.86. The topological polar surface area (TPSA) is 87.2 Å². The zero-order chi connectivity index (χ0) is 27.6. The van der Waals surface area contributed by atoms with E-state index in [0.29, 0.717) is 31.2 Å². The molecule has 2 aliphatic heterocycles. The van der Waals surface area contributed by atoms with Gasteiger partial charge in [-0.05, 0) is 61.6 Å². The van der Waals surface area contributed by atoms with Crippen molar-refractivity contribution in [3.05, 3.63) is 70.8 Å². The van der Waals surface area contributed by atoms with Crippen LogP contribution < -0.4 is 0 Å². The lowest BCUT2D eigenvalue weighted by Crippen LogP contribution is -2.49. The summed E-state index contributed by atoms with van der Waals surface area (Å²) in [6.45, 7) is 3.65. The van der Waals surface area contributed by atoms with Gasteiger partial charge in [0.1, 0.15) is 6.54 Å². The highest BCUT2D eigenvalue weighted by atomic mass is 16.6. The van der Waals surface area contributed by atoms with Crippen LogP contribution in [0.25, 0.3) is 0 Å². The Morgan fingerprint density at radius 3 is 2.50 bits per heavy atom. The van der Waals surface area contributed by atoms with Gasteiger partial charge in [-0.15, -0.1) is 0 Å². The Morgan fingerprint density at radius 2 is 1.80 bits per heavy atom. The highest BCUT2D eigenvalue weighted by molar-refractivity contribution is 6.06. The minimum absolute atomic E-state index is 0.0306. The number of likely N-dealkylation sites (tertiary alicyclic amines) is 1. The Morgan fingerprint density at radius 1 is 1.05 bits per heavy atom. The number of carbonyl (C=O) groups is 4. The number of hydrogen-bond donors (Lipinski definition) is 0. The predicted molar refractivity (Wildman–Crippen MR) is 146 cm³/mol. The van der Waals surface area contributed by atoms with E-state index in [-0.39, 0.29) is 30.3 Å². The summed E-state index contributed by atoms with van der Waals surface area (Å²) in [5, 5.41) is 0. The molecule has 5 aliphatic rings. The first kappa shape index (κ1) is 25.3. The van der Waals surface area contributed by atoms with Gasteiger partial charge in [-0.2, -0.15) is 0 Å². The van der Waals surface area contributed by atoms with E-state index in [1.54, 1.807) is 0 Å². The molecule has 0 radical (unpaired) electrons. The van der Waals surface area contributed by atoms with E-state index in [1.165, 1.54) is 0 Å². The van der Waals surface area contributed by atoms with Crippen molar-refractivity contribution in [1.82, 2.24) is 14.7 Å². The Hall–Kier alpha value is -3.68. The highest BCUT2D eigenvalue weighted by Gasteiger charge is 2.58. The average molecular weight is 542 g/mol. The normalized spacial score (nSPS) is 24.6. The molecule has 0 N–H and O–H groups in total. The van der Waals surface area contributed by atoms with Crippen molar-refractivity contribution >= 4 is 23.8 Å². The molecule has 2 aromatic carbocycles. The van der Waals surface area contributed by atoms with E-state index in [1.807, 2.05) is 52.3 Å². The lowest BCUT2D eigenvalue weighted by Gasteiger charge is -2.40. The molecule has 0 aromatic heterocycles. The molecular formula is C32H35N3O5. The number of benzene rings is 2. The van der Waals surface area contributed by atoms with Gasteiger partial charge in [0.15, 0.2) is 0 Å². The maximum absolute atomic E-state index is 13.8. The SMILES string of the molecule is CC(C1CC1)N(Cc1ccccc1)C(=O)CN1C(=O)O[C@@]2(CCc3cc(C4CN(C(=O)C5CC5)C4)ccc32)C1=O. The maximum atomic E-state index is 13.8. The molecule has 8 nitrogen and oxygen atoms in total. The second-order valence-corrected chi connectivity index (χ2v) is 12.3. The highest BCUT2D eigenvalue weighted by Crippen LogP contribution is 2.47. The van der Waals surface area contributed by atoms with Gasteiger partial charge in [0, 0.05) is 49.5 Å². The minimum atomic E-state index is -1.36. The van der Waals surface area contributed by atoms with Crippen LogP contribution in [0.2, 0.25) is 0 Å². The number of imide groups is 1. The molecule has 1 unspecified atom stereocenters. The van der Waals surface area contributed by atoms with E-state index < -0.39 is 17.6 Å². The van der Waals surface area contributed by atoms with Crippen LogP contribution in [0.3, 0.4) is 0 Å². The summed E-state index contributed by atoms with van der Waals surface area (Å²) in [5.74, 6) is 0.579. The molecule has 4 amide bonds. The molecule has 2 atom stereocenters. The quantitative estimate of drug-likeness (QED) is 0.505. The molecular weight excluding hydrogens is 506 g/mol. The van der Waals surface area contributed by atoms with Crippen LogP contribution in [-0.2, 0) is 37.7 Å². The molecule has 2 aromatic rings. The smallest absolute Gasteiger partial charge is 0.418 e. The lowest BCUT2D eigenvalue weighted by atomic mass is 9.87. The number of nitrogens with zero attached hydrogens (tertiary/aromatic N) is 3. The summed E-state index contributed by atoms with van der Waals surface area (Å²) in [6, 6.07) is 15.9. The van der Waals surface area contributed by atoms with Gasteiger partial charge in [0.25, 0.3) is 5.91 Å². The predicted octanol–water partition coefficient (Wildman–Crippen LogP) is 3.97. The Bertz CT molecular complexity index is 1380. The van der Waals surface area contributed by atoms with Crippen LogP contribution in [0.5, 0.6) is 0 Å². The fourth-order valence-corrected chi connectivity index (χ4v) is 6.68. The molecule has 4 fully saturated rings. The third kappa shape index (κ3) is 4.28. The number of ether oxygens (including phenoxy) is 1. The first-order valence-corrected chi connectivity index (χ1v) is 14.6. The lowest BCUT2D eigenvalue weighted by molar-refractivity contribution is -0.143. The van der Waals surface area contributed by atoms with Crippen molar-refractivity contribution in [2.24, 2.45) is 11.8 Å². The molecule has 3 aliphatic carbocycles. The van der Waals surface area contributed by atoms with Gasteiger partial charge >= 0.3 is 6.09 Å². The van der Waals surface area contributed by atoms with Gasteiger partial charge in [0.2, 0.25) is 17.4 Å². The monoisotopic (exact) mass is 541 g/mol. The van der Waals surface area contributed by atoms with Crippen LogP contribution in [0, 0.1) is 11.8 Å². The van der Waals surface area contributed by atoms with Gasteiger partial charge < -0.3 is 14.5 Å². The first-order chi connectivity index (χ1) is 19.3. The number of hydrogen-bond acceptors (Lipinski definition) is 5. The summed E-state index contributed by atoms with van der Waals surface area (Å²) in [6.07, 6.45) is 4.46. The van der Waals surface area contributed by atoms with Crippen LogP contribution in [0.4, 0.5) is 4.79 Å². The third-order valence-corrected chi connectivity index (χ3v) is 9.58. The molecule has 7 rings (SSSR count). The largest absolute Gasteiger partial charge is 0.427 e. The summed E-state index contributed by atoms with van der Waals surface area (Å²) in [4.78, 5) is 57.5. The summed E-state index contributed by atoms with van der Waals surface area (Å²) >= 11 is 0. The minimum Gasteiger partial charge on any atom is -0.427 e. The zero-order valence-corrected chi connectivity index (χ0v) is 22.9. The van der Waals surface area contributed by atoms with Crippen molar-refractivity contribution in [2.45, 2.75) is 69.6 Å². The van der Waals surface area contributed by atoms with Gasteiger partial charge in [-0.1, -0.05) is 48.5 Å². The van der Waals surface area contributed by atoms with Crippen LogP contribution >= 0.6 is 0 Å². The second kappa shape index (κ2) is 9.46. The van der Waals surface area contributed by atoms with Crippen molar-refractivity contribution in [3.63, 3.8) is 0 Å². The standard InChI is InChI=1S/C32H35N3O5/c1-20(22-7-8-22)34(16-21-5-3-2-4-6-21)28(36)19-35-30(38)32(40-31(35)39)14-13-25-15-24(11-12-27(25)32)26-17-33(18-26)29(37)23-9-10-23/h2-6,11-12,15,20,22-23,26H,7-10,13-14,16-19H2,1H3/t20?,32-/m1/s1. The van der Waals surface area contributed by atoms with Crippen molar-refractivity contribution < 1.29 is 23.9 Å². The number of aryl methyl sites for hydroxylation is 1. The molecule has 2 saturated heterocycles. The second-order valence-electron chi connectivity index (χ2n) is 12.3. The van der Waals surface area contributed by atoms with E-state index in [0.717, 1.165) is 65.9 Å². The number of carbonyl (C=O) groups excluding carboxylic acids is 4. The third-order valence-electron chi connectivity index (χ3n) is 9.58. The van der Waals surface area contributed by atoms with Gasteiger partial charge in [-0.25, -0.2) is 9.69 Å². The number of fused-ring (bicyclic) bond motifs is 2. The molecule has 1 spiro atoms. The van der Waals surface area contributed by atoms with Crippen LogP contribution in [0.1, 0.15) is 67.2 Å². The van der Waals surface area contributed by atoms with Crippen molar-refractivity contribution in [1.29, 1.82) is 0 Å². The Balaban J connectivity index is 1.06. The molecule has 40 heavy (non-hydrogen) atoms. The van der Waals surface area contributed by atoms with Crippen LogP contribution in [0.15, 0.2) is 48.5 Å². The summed E-state index contributed by atoms with van der Waals surface area (Å²) in [7, 11) is 0. The first-order valence-electron chi connectivity index (χ1n) is 14.6. The van der Waals surface area contributed by atoms with Crippen LogP contribution in [-0.4, -0.2) is 64.2 Å². The number of rotatable bonds is 8. The summed E-state index contributed by atoms with van der Waals surface area (Å²) in [5.41, 5.74) is 2.55. The number of amides is 4. The van der Waals surface area contributed by atoms with Gasteiger partial charge in [0.05, 0.1) is 0 Å². The van der Waals surface area contributed by atoms with E-state index in [9.17, 15) is 19.2 Å². The molecule has 0 bridgehead atoms. The van der Waals surface area contributed by atoms with Crippen molar-refractivity contribution in [3.8, 4) is 0 Å². The fraction of sp³-hybridized carbons (Fsp3) is 0.500. The molecule has 2 heterocycles. The maximum Gasteiger partial charge on any atom is 0.418 e. The zero-order valence-electron chi connectivity index (χ0n) is 22.9. The Labute approximate surface area is 234 Å².